The van der Waals surface area contributed by atoms with Gasteiger partial charge in [-0.3, -0.25) is 0 Å². The van der Waals surface area contributed by atoms with Gasteiger partial charge < -0.3 is 18.9 Å². The zero-order valence-corrected chi connectivity index (χ0v) is 17.2. The summed E-state index contributed by atoms with van der Waals surface area (Å²) in [6, 6.07) is 4.03. The molecule has 0 radical (unpaired) electrons. The summed E-state index contributed by atoms with van der Waals surface area (Å²) in [5.74, 6) is 1.04. The maximum absolute atomic E-state index is 12.4. The minimum absolute atomic E-state index is 0.279. The van der Waals surface area contributed by atoms with E-state index in [2.05, 4.69) is 18.2 Å². The molecule has 1 aromatic rings. The summed E-state index contributed by atoms with van der Waals surface area (Å²) >= 11 is 0. The summed E-state index contributed by atoms with van der Waals surface area (Å²) in [6.07, 6.45) is 7.10. The highest BCUT2D eigenvalue weighted by Gasteiger charge is 2.68. The molecule has 28 heavy (non-hydrogen) atoms. The molecule has 0 N–H and O–H groups in total. The first kappa shape index (κ1) is 18.6. The van der Waals surface area contributed by atoms with Crippen LogP contribution < -0.4 is 9.47 Å². The molecule has 0 amide bonds. The van der Waals surface area contributed by atoms with Gasteiger partial charge in [0, 0.05) is 18.4 Å². The Morgan fingerprint density at radius 2 is 2.11 bits per heavy atom. The van der Waals surface area contributed by atoms with Crippen LogP contribution in [-0.2, 0) is 24.0 Å². The van der Waals surface area contributed by atoms with Crippen LogP contribution in [0.25, 0.3) is 6.08 Å². The first-order valence-electron chi connectivity index (χ1n) is 10.1. The second-order valence-electron chi connectivity index (χ2n) is 7.84. The average Bonchev–Trinajstić information content (AvgIpc) is 3.32. The number of benzene rings is 1. The molecule has 2 aliphatic heterocycles. The smallest absolute Gasteiger partial charge is 0.493 e. The molecular formula is C21H26O6P+. The summed E-state index contributed by atoms with van der Waals surface area (Å²) in [5, 5.41) is 0. The first-order valence-corrected chi connectivity index (χ1v) is 11.4. The fourth-order valence-electron chi connectivity index (χ4n) is 5.62. The van der Waals surface area contributed by atoms with Crippen molar-refractivity contribution in [2.75, 3.05) is 33.1 Å². The Labute approximate surface area is 166 Å². The summed E-state index contributed by atoms with van der Waals surface area (Å²) in [6.45, 7) is 3.47. The molecule has 4 aliphatic rings. The van der Waals surface area contributed by atoms with Crippen LogP contribution >= 0.6 is 8.03 Å². The SMILES string of the molecule is CCO[P+](=O)CCC12c3c4ccc(OC)c3OC1C1(CCC2C=C4)OCCO1. The van der Waals surface area contributed by atoms with Gasteiger partial charge in [0.15, 0.2) is 23.8 Å². The zero-order valence-electron chi connectivity index (χ0n) is 16.3. The van der Waals surface area contributed by atoms with Crippen molar-refractivity contribution in [2.24, 2.45) is 5.92 Å². The molecule has 0 aromatic heterocycles. The molecule has 6 nitrogen and oxygen atoms in total. The number of fused-ring (bicyclic) bond motifs is 1. The molecule has 4 unspecified atom stereocenters. The minimum atomic E-state index is -1.71. The van der Waals surface area contributed by atoms with Gasteiger partial charge in [-0.2, -0.15) is 0 Å². The van der Waals surface area contributed by atoms with Crippen molar-refractivity contribution in [1.29, 1.82) is 0 Å². The van der Waals surface area contributed by atoms with Crippen LogP contribution in [0.1, 0.15) is 37.3 Å². The minimum Gasteiger partial charge on any atom is -0.493 e. The van der Waals surface area contributed by atoms with E-state index in [1.54, 1.807) is 7.11 Å². The second kappa shape index (κ2) is 6.81. The summed E-state index contributed by atoms with van der Waals surface area (Å²) < 4.78 is 42.4. The van der Waals surface area contributed by atoms with E-state index in [0.29, 0.717) is 32.4 Å². The standard InChI is InChI=1S/C21H26O6P/c1-3-26-28(22)13-10-20-15-6-4-14-5-7-16(23-2)18(17(14)20)27-19(20)21(9-8-15)24-11-12-25-21/h4-7,15,19H,3,8-13H2,1-2H3/q+1. The molecule has 1 spiro atoms. The van der Waals surface area contributed by atoms with E-state index in [0.717, 1.165) is 35.5 Å². The molecule has 5 rings (SSSR count). The molecule has 1 saturated carbocycles. The Bertz CT molecular complexity index is 830. The molecule has 2 aliphatic carbocycles. The topological polar surface area (TPSA) is 63.2 Å². The number of hydrogen-bond donors (Lipinski definition) is 0. The molecule has 2 heterocycles. The van der Waals surface area contributed by atoms with Crippen LogP contribution in [0.15, 0.2) is 18.2 Å². The quantitative estimate of drug-likeness (QED) is 0.666. The Morgan fingerprint density at radius 3 is 2.86 bits per heavy atom. The predicted octanol–water partition coefficient (Wildman–Crippen LogP) is 4.04. The van der Waals surface area contributed by atoms with E-state index < -0.39 is 13.8 Å². The lowest BCUT2D eigenvalue weighted by Crippen LogP contribution is -2.62. The maximum Gasteiger partial charge on any atom is 0.508 e. The van der Waals surface area contributed by atoms with Crippen molar-refractivity contribution in [3.05, 3.63) is 29.3 Å². The van der Waals surface area contributed by atoms with Crippen LogP contribution in [-0.4, -0.2) is 45.0 Å². The van der Waals surface area contributed by atoms with E-state index in [9.17, 15) is 4.57 Å². The molecular weight excluding hydrogens is 379 g/mol. The van der Waals surface area contributed by atoms with Gasteiger partial charge in [0.25, 0.3) is 0 Å². The molecule has 7 heteroatoms. The molecule has 4 atom stereocenters. The van der Waals surface area contributed by atoms with Crippen molar-refractivity contribution in [3.63, 3.8) is 0 Å². The van der Waals surface area contributed by atoms with E-state index in [-0.39, 0.29) is 17.4 Å². The van der Waals surface area contributed by atoms with Gasteiger partial charge in [0.2, 0.25) is 5.79 Å². The number of ether oxygens (including phenoxy) is 4. The van der Waals surface area contributed by atoms with Gasteiger partial charge >= 0.3 is 8.03 Å². The van der Waals surface area contributed by atoms with Crippen molar-refractivity contribution in [3.8, 4) is 11.5 Å². The van der Waals surface area contributed by atoms with Crippen LogP contribution in [0.5, 0.6) is 11.5 Å². The van der Waals surface area contributed by atoms with Crippen molar-refractivity contribution in [1.82, 2.24) is 0 Å². The van der Waals surface area contributed by atoms with Gasteiger partial charge in [0.1, 0.15) is 0 Å². The van der Waals surface area contributed by atoms with Gasteiger partial charge in [-0.25, -0.2) is 0 Å². The highest BCUT2D eigenvalue weighted by Crippen LogP contribution is 2.64. The third-order valence-corrected chi connectivity index (χ3v) is 7.81. The third-order valence-electron chi connectivity index (χ3n) is 6.67. The number of methoxy groups -OCH3 is 1. The van der Waals surface area contributed by atoms with E-state index in [1.807, 2.05) is 13.0 Å². The summed E-state index contributed by atoms with van der Waals surface area (Å²) in [7, 11) is -0.0424. The number of hydrogen-bond acceptors (Lipinski definition) is 6. The predicted molar refractivity (Wildman–Crippen MR) is 104 cm³/mol. The van der Waals surface area contributed by atoms with Crippen molar-refractivity contribution in [2.45, 2.75) is 43.5 Å². The monoisotopic (exact) mass is 405 g/mol. The highest BCUT2D eigenvalue weighted by molar-refractivity contribution is 7.39. The number of rotatable bonds is 6. The van der Waals surface area contributed by atoms with Crippen LogP contribution in [0.2, 0.25) is 0 Å². The van der Waals surface area contributed by atoms with E-state index >= 15 is 0 Å². The maximum atomic E-state index is 12.4. The Balaban J connectivity index is 1.65. The molecule has 1 saturated heterocycles. The fraction of sp³-hybridized carbons (Fsp3) is 0.619. The van der Waals surface area contributed by atoms with Gasteiger partial charge in [-0.05, 0) is 35.5 Å². The lowest BCUT2D eigenvalue weighted by Gasteiger charge is -2.51. The average molecular weight is 405 g/mol. The number of allylic oxidation sites excluding steroid dienone is 1. The molecule has 2 fully saturated rings. The van der Waals surface area contributed by atoms with Crippen molar-refractivity contribution < 1.29 is 28.0 Å². The lowest BCUT2D eigenvalue weighted by molar-refractivity contribution is -0.247. The Kier molecular flexibility index (Phi) is 4.51. The normalized spacial score (nSPS) is 31.6. The summed E-state index contributed by atoms with van der Waals surface area (Å²) in [4.78, 5) is 0. The van der Waals surface area contributed by atoms with Crippen LogP contribution in [0.4, 0.5) is 0 Å². The molecule has 0 bridgehead atoms. The lowest BCUT2D eigenvalue weighted by atomic mass is 9.56. The molecule has 1 aromatic carbocycles. The van der Waals surface area contributed by atoms with Crippen LogP contribution in [0.3, 0.4) is 0 Å². The summed E-state index contributed by atoms with van der Waals surface area (Å²) in [5.41, 5.74) is 1.94. The van der Waals surface area contributed by atoms with Gasteiger partial charge in [-0.15, -0.1) is 4.52 Å². The van der Waals surface area contributed by atoms with Crippen molar-refractivity contribution >= 4 is 14.1 Å². The Hall–Kier alpha value is -1.46. The van der Waals surface area contributed by atoms with Crippen LogP contribution in [0, 0.1) is 5.92 Å². The fourth-order valence-corrected chi connectivity index (χ4v) is 6.59. The highest BCUT2D eigenvalue weighted by atomic mass is 31.1. The van der Waals surface area contributed by atoms with E-state index in [4.69, 9.17) is 23.5 Å². The first-order chi connectivity index (χ1) is 13.6. The molecule has 150 valence electrons. The van der Waals surface area contributed by atoms with E-state index in [1.165, 1.54) is 0 Å². The third kappa shape index (κ3) is 2.45. The van der Waals surface area contributed by atoms with Gasteiger partial charge in [-0.1, -0.05) is 18.2 Å². The zero-order chi connectivity index (χ0) is 19.4. The van der Waals surface area contributed by atoms with Gasteiger partial charge in [0.05, 0.1) is 32.3 Å². The largest absolute Gasteiger partial charge is 0.508 e. The Morgan fingerprint density at radius 1 is 1.29 bits per heavy atom. The second-order valence-corrected chi connectivity index (χ2v) is 9.21.